The van der Waals surface area contributed by atoms with Gasteiger partial charge in [-0.15, -0.1) is 0 Å². The number of rotatable bonds is 8. The lowest BCUT2D eigenvalue weighted by Crippen LogP contribution is -2.32. The van der Waals surface area contributed by atoms with Gasteiger partial charge in [-0.2, -0.15) is 27.1 Å². The molecule has 14 heteroatoms. The van der Waals surface area contributed by atoms with Crippen molar-refractivity contribution >= 4 is 27.7 Å². The van der Waals surface area contributed by atoms with Crippen molar-refractivity contribution in [2.45, 2.75) is 42.2 Å². The van der Waals surface area contributed by atoms with Crippen molar-refractivity contribution in [1.82, 2.24) is 25.1 Å². The highest BCUT2D eigenvalue weighted by atomic mass is 79.9. The number of alkyl halides is 5. The molecule has 3 unspecified atom stereocenters. The zero-order valence-electron chi connectivity index (χ0n) is 19.5. The fourth-order valence-corrected chi connectivity index (χ4v) is 5.72. The quantitative estimate of drug-likeness (QED) is 0.136. The molecule has 2 aliphatic rings. The molecule has 0 bridgehead atoms. The maximum Gasteiger partial charge on any atom is 0.435 e. The van der Waals surface area contributed by atoms with Crippen LogP contribution in [0.3, 0.4) is 0 Å². The smallest absolute Gasteiger partial charge is 0.306 e. The van der Waals surface area contributed by atoms with Gasteiger partial charge in [0.25, 0.3) is 5.92 Å². The van der Waals surface area contributed by atoms with E-state index in [0.29, 0.717) is 25.6 Å². The minimum absolute atomic E-state index is 0.0490. The van der Waals surface area contributed by atoms with E-state index in [2.05, 4.69) is 36.3 Å². The van der Waals surface area contributed by atoms with E-state index >= 15 is 8.78 Å². The van der Waals surface area contributed by atoms with Crippen molar-refractivity contribution in [1.29, 1.82) is 0 Å². The topological polar surface area (TPSA) is 55.6 Å². The number of hydrogen-bond acceptors (Lipinski definition) is 5. The monoisotopic (exact) mass is 621 g/mol. The number of thioether (sulfide) groups is 1. The van der Waals surface area contributed by atoms with Crippen molar-refractivity contribution < 1.29 is 30.7 Å². The predicted octanol–water partition coefficient (Wildman–Crippen LogP) is 6.40. The van der Waals surface area contributed by atoms with E-state index in [9.17, 15) is 22.0 Å². The minimum atomic E-state index is -4.89. The van der Waals surface area contributed by atoms with Crippen LogP contribution in [0.15, 0.2) is 46.2 Å². The molecular formula is C24H19BrF7N5S. The average molecular weight is 622 g/mol. The summed E-state index contributed by atoms with van der Waals surface area (Å²) in [6.45, 7) is -0.392. The zero-order chi connectivity index (χ0) is 27.4. The number of nitrogens with zero attached hydrogens (tertiary/aromatic N) is 4. The van der Waals surface area contributed by atoms with Gasteiger partial charge >= 0.3 is 6.18 Å². The molecule has 2 aliphatic carbocycles. The summed E-state index contributed by atoms with van der Waals surface area (Å²) in [6.07, 6.45) is 0.991. The van der Waals surface area contributed by atoms with Gasteiger partial charge in [-0.1, -0.05) is 23.9 Å². The number of allylic oxidation sites excluding steroid dienone is 2. The predicted molar refractivity (Wildman–Crippen MR) is 129 cm³/mol. The van der Waals surface area contributed by atoms with Gasteiger partial charge in [-0.25, -0.2) is 18.7 Å². The molecule has 0 amide bonds. The highest BCUT2D eigenvalue weighted by Gasteiger charge is 2.61. The third-order valence-electron chi connectivity index (χ3n) is 6.58. The van der Waals surface area contributed by atoms with Gasteiger partial charge in [0.15, 0.2) is 10.9 Å². The first-order chi connectivity index (χ1) is 17.9. The Bertz CT molecular complexity index is 1390. The summed E-state index contributed by atoms with van der Waals surface area (Å²) >= 11 is 4.63. The Hall–Kier alpha value is -2.45. The van der Waals surface area contributed by atoms with Crippen LogP contribution in [0.5, 0.6) is 0 Å². The summed E-state index contributed by atoms with van der Waals surface area (Å²) in [5.41, 5.74) is -1.79. The number of benzene rings is 1. The van der Waals surface area contributed by atoms with Crippen LogP contribution in [0, 0.1) is 17.6 Å². The Morgan fingerprint density at radius 2 is 1.87 bits per heavy atom. The molecule has 0 saturated carbocycles. The van der Waals surface area contributed by atoms with E-state index in [-0.39, 0.29) is 19.5 Å². The van der Waals surface area contributed by atoms with Gasteiger partial charge in [-0.3, -0.25) is 4.68 Å². The molecule has 0 fully saturated rings. The SMILES string of the molecule is CSc1ncc(Br)c(C(Cc2cc(F)cc(F)c2)NCCn2nc(C(F)(F)F)c3c2C(F)(F)C2C=CC32)n1. The van der Waals surface area contributed by atoms with Gasteiger partial charge < -0.3 is 5.32 Å². The van der Waals surface area contributed by atoms with Crippen molar-refractivity contribution in [3.63, 3.8) is 0 Å². The summed E-state index contributed by atoms with van der Waals surface area (Å²) in [7, 11) is 0. The van der Waals surface area contributed by atoms with Crippen molar-refractivity contribution in [3.8, 4) is 0 Å². The molecule has 2 aromatic heterocycles. The molecular weight excluding hydrogens is 603 g/mol. The molecule has 5 nitrogen and oxygen atoms in total. The van der Waals surface area contributed by atoms with Gasteiger partial charge in [0, 0.05) is 30.3 Å². The second-order valence-corrected chi connectivity index (χ2v) is 10.6. The van der Waals surface area contributed by atoms with Crippen LogP contribution in [-0.2, 0) is 25.1 Å². The normalized spacial score (nSPS) is 20.2. The van der Waals surface area contributed by atoms with Crippen LogP contribution < -0.4 is 5.32 Å². The largest absolute Gasteiger partial charge is 0.435 e. The van der Waals surface area contributed by atoms with Gasteiger partial charge in [0.05, 0.1) is 28.7 Å². The van der Waals surface area contributed by atoms with Crippen LogP contribution in [0.2, 0.25) is 0 Å². The van der Waals surface area contributed by atoms with Gasteiger partial charge in [-0.05, 0) is 46.3 Å². The van der Waals surface area contributed by atoms with Gasteiger partial charge in [0.2, 0.25) is 0 Å². The minimum Gasteiger partial charge on any atom is -0.306 e. The second-order valence-electron chi connectivity index (χ2n) is 8.97. The van der Waals surface area contributed by atoms with Crippen LogP contribution in [0.1, 0.15) is 40.2 Å². The molecule has 5 rings (SSSR count). The summed E-state index contributed by atoms with van der Waals surface area (Å²) in [5.74, 6) is -7.40. The number of halogens is 8. The first-order valence-electron chi connectivity index (χ1n) is 11.4. The number of fused-ring (bicyclic) bond motifs is 3. The molecule has 2 heterocycles. The summed E-state index contributed by atoms with van der Waals surface area (Å²) in [6, 6.07) is 2.35. The van der Waals surface area contributed by atoms with E-state index in [1.54, 1.807) is 6.26 Å². The lowest BCUT2D eigenvalue weighted by molar-refractivity contribution is -0.142. The van der Waals surface area contributed by atoms with E-state index in [0.717, 1.165) is 18.2 Å². The Morgan fingerprint density at radius 1 is 1.16 bits per heavy atom. The van der Waals surface area contributed by atoms with E-state index in [1.165, 1.54) is 30.1 Å². The van der Waals surface area contributed by atoms with Crippen LogP contribution in [0.4, 0.5) is 30.7 Å². The molecule has 1 N–H and O–H groups in total. The summed E-state index contributed by atoms with van der Waals surface area (Å²) in [5, 5.41) is 7.05. The molecule has 38 heavy (non-hydrogen) atoms. The van der Waals surface area contributed by atoms with Crippen LogP contribution in [-0.4, -0.2) is 32.5 Å². The molecule has 3 aromatic rings. The number of nitrogens with one attached hydrogen (secondary N) is 1. The fourth-order valence-electron chi connectivity index (χ4n) is 4.91. The van der Waals surface area contributed by atoms with E-state index in [4.69, 9.17) is 0 Å². The first-order valence-corrected chi connectivity index (χ1v) is 13.4. The van der Waals surface area contributed by atoms with Gasteiger partial charge in [0.1, 0.15) is 17.3 Å². The first kappa shape index (κ1) is 27.1. The fraction of sp³-hybridized carbons (Fsp3) is 0.375. The molecule has 0 saturated heterocycles. The maximum absolute atomic E-state index is 15.0. The van der Waals surface area contributed by atoms with E-state index < -0.39 is 58.6 Å². The van der Waals surface area contributed by atoms with Crippen molar-refractivity contribution in [3.05, 3.63) is 80.9 Å². The Labute approximate surface area is 225 Å². The highest BCUT2D eigenvalue weighted by Crippen LogP contribution is 2.60. The van der Waals surface area contributed by atoms with Crippen LogP contribution >= 0.6 is 27.7 Å². The number of aromatic nitrogens is 4. The average Bonchev–Trinajstić information content (AvgIpc) is 3.23. The lowest BCUT2D eigenvalue weighted by atomic mass is 9.81. The van der Waals surface area contributed by atoms with Crippen molar-refractivity contribution in [2.24, 2.45) is 5.92 Å². The Morgan fingerprint density at radius 3 is 2.47 bits per heavy atom. The van der Waals surface area contributed by atoms with Crippen LogP contribution in [0.25, 0.3) is 0 Å². The lowest BCUT2D eigenvalue weighted by Gasteiger charge is -2.27. The summed E-state index contributed by atoms with van der Waals surface area (Å²) in [4.78, 5) is 8.61. The van der Waals surface area contributed by atoms with E-state index in [1.807, 2.05) is 0 Å². The summed E-state index contributed by atoms with van der Waals surface area (Å²) < 4.78 is 100. The standard InChI is InChI=1S/C24H19BrF7N5S/c1-38-22-34-10-16(25)19(35-22)17(8-11-6-12(26)9-13(27)7-11)33-4-5-37-21-18(20(36-37)24(30,31)32)14-2-3-15(14)23(21,28)29/h2-3,6-7,9-10,14-15,17,33H,4-5,8H2,1H3. The molecule has 1 aromatic carbocycles. The molecule has 0 aliphatic heterocycles. The second kappa shape index (κ2) is 9.94. The molecule has 0 spiro atoms. The molecule has 202 valence electrons. The third-order valence-corrected chi connectivity index (χ3v) is 7.75. The molecule has 3 atom stereocenters. The third kappa shape index (κ3) is 4.86. The Balaban J connectivity index is 1.44. The molecule has 0 radical (unpaired) electrons. The van der Waals surface area contributed by atoms with Crippen molar-refractivity contribution in [2.75, 3.05) is 12.8 Å². The highest BCUT2D eigenvalue weighted by molar-refractivity contribution is 9.10. The number of hydrogen-bond donors (Lipinski definition) is 1. The maximum atomic E-state index is 15.0. The Kier molecular flexibility index (Phi) is 7.10. The zero-order valence-corrected chi connectivity index (χ0v) is 21.9.